The number of carbonyl (C=O) groups excluding carboxylic acids is 1. The molecule has 0 saturated carbocycles. The molecule has 0 aromatic rings. The number of rotatable bonds is 3. The molecule has 1 aliphatic heterocycles. The van der Waals surface area contributed by atoms with Gasteiger partial charge in [-0.3, -0.25) is 10.1 Å². The van der Waals surface area contributed by atoms with Gasteiger partial charge in [-0.05, 0) is 32.9 Å². The van der Waals surface area contributed by atoms with Crippen LogP contribution in [0.5, 0.6) is 0 Å². The van der Waals surface area contributed by atoms with Crippen LogP contribution in [-0.2, 0) is 9.53 Å². The molecular formula is C11H19F3N2O2. The molecule has 0 aliphatic carbocycles. The van der Waals surface area contributed by atoms with E-state index in [1.807, 2.05) is 11.9 Å². The zero-order chi connectivity index (χ0) is 13.8. The van der Waals surface area contributed by atoms with Crippen molar-refractivity contribution in [2.45, 2.75) is 31.0 Å². The molecule has 1 N–H and O–H groups in total. The summed E-state index contributed by atoms with van der Waals surface area (Å²) >= 11 is 0. The molecule has 0 amide bonds. The summed E-state index contributed by atoms with van der Waals surface area (Å²) in [5, 5.41) is 2.36. The first kappa shape index (κ1) is 15.2. The van der Waals surface area contributed by atoms with Gasteiger partial charge in [0.2, 0.25) is 0 Å². The number of hydrogen-bond donors (Lipinski definition) is 1. The van der Waals surface area contributed by atoms with Crippen LogP contribution in [0.15, 0.2) is 0 Å². The van der Waals surface area contributed by atoms with Gasteiger partial charge in [0.25, 0.3) is 0 Å². The number of hydrogen-bond acceptors (Lipinski definition) is 4. The molecular weight excluding hydrogens is 249 g/mol. The van der Waals surface area contributed by atoms with Gasteiger partial charge in [0.15, 0.2) is 0 Å². The van der Waals surface area contributed by atoms with E-state index < -0.39 is 24.2 Å². The van der Waals surface area contributed by atoms with Crippen LogP contribution in [0.2, 0.25) is 0 Å². The number of methoxy groups -OCH3 is 1. The van der Waals surface area contributed by atoms with E-state index in [9.17, 15) is 18.0 Å². The maximum atomic E-state index is 12.3. The van der Waals surface area contributed by atoms with Gasteiger partial charge in [0, 0.05) is 6.54 Å². The lowest BCUT2D eigenvalue weighted by atomic mass is 9.90. The highest BCUT2D eigenvalue weighted by molar-refractivity contribution is 5.80. The van der Waals surface area contributed by atoms with Crippen LogP contribution in [0.25, 0.3) is 0 Å². The summed E-state index contributed by atoms with van der Waals surface area (Å²) in [5.41, 5.74) is -1.21. The van der Waals surface area contributed by atoms with Crippen molar-refractivity contribution in [3.63, 3.8) is 0 Å². The summed E-state index contributed by atoms with van der Waals surface area (Å²) in [6, 6.07) is 0. The Morgan fingerprint density at radius 3 is 2.61 bits per heavy atom. The Balaban J connectivity index is 2.78. The van der Waals surface area contributed by atoms with E-state index in [0.29, 0.717) is 25.8 Å². The summed E-state index contributed by atoms with van der Waals surface area (Å²) in [6.07, 6.45) is -2.98. The van der Waals surface area contributed by atoms with Gasteiger partial charge in [-0.25, -0.2) is 0 Å². The van der Waals surface area contributed by atoms with Crippen molar-refractivity contribution in [3.05, 3.63) is 0 Å². The number of nitrogens with one attached hydrogen (secondary N) is 1. The highest BCUT2D eigenvalue weighted by Crippen LogP contribution is 2.25. The van der Waals surface area contributed by atoms with Crippen LogP contribution < -0.4 is 5.32 Å². The minimum atomic E-state index is -4.33. The van der Waals surface area contributed by atoms with Gasteiger partial charge in [0.05, 0.1) is 13.7 Å². The third-order valence-electron chi connectivity index (χ3n) is 3.27. The first-order valence-corrected chi connectivity index (χ1v) is 5.88. The normalized spacial score (nSPS) is 26.7. The van der Waals surface area contributed by atoms with Gasteiger partial charge < -0.3 is 9.64 Å². The van der Waals surface area contributed by atoms with Crippen LogP contribution in [0.3, 0.4) is 0 Å². The first-order chi connectivity index (χ1) is 8.29. The molecule has 18 heavy (non-hydrogen) atoms. The Hall–Kier alpha value is -0.820. The minimum absolute atomic E-state index is 0.326. The van der Waals surface area contributed by atoms with Gasteiger partial charge >= 0.3 is 12.1 Å². The number of carbonyl (C=O) groups is 1. The van der Waals surface area contributed by atoms with E-state index >= 15 is 0 Å². The molecule has 4 nitrogen and oxygen atoms in total. The molecule has 0 aromatic carbocycles. The molecule has 1 rings (SSSR count). The molecule has 0 spiro atoms. The van der Waals surface area contributed by atoms with Gasteiger partial charge in [-0.1, -0.05) is 0 Å². The van der Waals surface area contributed by atoms with Gasteiger partial charge in [-0.2, -0.15) is 13.2 Å². The Kier molecular flexibility index (Phi) is 4.98. The number of alkyl halides is 3. The minimum Gasteiger partial charge on any atom is -0.468 e. The number of halogens is 3. The monoisotopic (exact) mass is 268 g/mol. The Labute approximate surface area is 104 Å². The van der Waals surface area contributed by atoms with Crippen molar-refractivity contribution in [2.75, 3.05) is 33.8 Å². The number of esters is 1. The fraction of sp³-hybridized carbons (Fsp3) is 0.909. The third kappa shape index (κ3) is 4.13. The quantitative estimate of drug-likeness (QED) is 0.780. The highest BCUT2D eigenvalue weighted by Gasteiger charge is 2.43. The molecule has 0 radical (unpaired) electrons. The molecule has 0 bridgehead atoms. The van der Waals surface area contributed by atoms with Crippen LogP contribution in [0.4, 0.5) is 13.2 Å². The van der Waals surface area contributed by atoms with E-state index in [4.69, 9.17) is 0 Å². The van der Waals surface area contributed by atoms with Crippen molar-refractivity contribution in [3.8, 4) is 0 Å². The molecule has 1 aliphatic rings. The number of ether oxygens (including phenoxy) is 1. The lowest BCUT2D eigenvalue weighted by Gasteiger charge is -2.31. The number of nitrogens with zero attached hydrogens (tertiary/aromatic N) is 1. The second-order valence-corrected chi connectivity index (χ2v) is 4.70. The molecule has 1 atom stereocenters. The summed E-state index contributed by atoms with van der Waals surface area (Å²) in [6.45, 7) is 0.165. The molecule has 1 saturated heterocycles. The molecule has 1 heterocycles. The van der Waals surface area contributed by atoms with Crippen molar-refractivity contribution in [1.29, 1.82) is 0 Å². The maximum absolute atomic E-state index is 12.3. The fourth-order valence-electron chi connectivity index (χ4n) is 2.19. The van der Waals surface area contributed by atoms with Crippen LogP contribution in [0, 0.1) is 0 Å². The van der Waals surface area contributed by atoms with E-state index in [-0.39, 0.29) is 0 Å². The third-order valence-corrected chi connectivity index (χ3v) is 3.27. The van der Waals surface area contributed by atoms with Crippen molar-refractivity contribution in [2.24, 2.45) is 0 Å². The second kappa shape index (κ2) is 5.88. The maximum Gasteiger partial charge on any atom is 0.401 e. The number of likely N-dealkylation sites (tertiary alicyclic amines) is 1. The zero-order valence-corrected chi connectivity index (χ0v) is 10.6. The smallest absolute Gasteiger partial charge is 0.401 e. The summed E-state index contributed by atoms with van der Waals surface area (Å²) in [5.74, 6) is -0.609. The van der Waals surface area contributed by atoms with Gasteiger partial charge in [-0.15, -0.1) is 0 Å². The fourth-order valence-corrected chi connectivity index (χ4v) is 2.19. The second-order valence-electron chi connectivity index (χ2n) is 4.70. The SMILES string of the molecule is COC(=O)C1(NCC(F)(F)F)CCCN(C)CC1. The zero-order valence-electron chi connectivity index (χ0n) is 10.6. The van der Waals surface area contributed by atoms with Crippen molar-refractivity contribution in [1.82, 2.24) is 10.2 Å². The highest BCUT2D eigenvalue weighted by atomic mass is 19.4. The molecule has 7 heteroatoms. The summed E-state index contributed by atoms with van der Waals surface area (Å²) in [7, 11) is 3.09. The standard InChI is InChI=1S/C11H19F3N2O2/c1-16-6-3-4-10(5-7-16,9(17)18-2)15-8-11(12,13)14/h15H,3-8H2,1-2H3. The summed E-state index contributed by atoms with van der Waals surface area (Å²) in [4.78, 5) is 13.8. The molecule has 106 valence electrons. The van der Waals surface area contributed by atoms with Gasteiger partial charge in [0.1, 0.15) is 5.54 Å². The topological polar surface area (TPSA) is 41.6 Å². The summed E-state index contributed by atoms with van der Waals surface area (Å²) < 4.78 is 41.6. The average molecular weight is 268 g/mol. The lowest BCUT2D eigenvalue weighted by Crippen LogP contribution is -2.55. The van der Waals surface area contributed by atoms with Crippen LogP contribution >= 0.6 is 0 Å². The predicted molar refractivity (Wildman–Crippen MR) is 60.2 cm³/mol. The lowest BCUT2D eigenvalue weighted by molar-refractivity contribution is -0.154. The van der Waals surface area contributed by atoms with E-state index in [0.717, 1.165) is 6.54 Å². The Bertz CT molecular complexity index is 297. The largest absolute Gasteiger partial charge is 0.468 e. The van der Waals surface area contributed by atoms with Crippen molar-refractivity contribution >= 4 is 5.97 Å². The van der Waals surface area contributed by atoms with Crippen molar-refractivity contribution < 1.29 is 22.7 Å². The van der Waals surface area contributed by atoms with E-state index in [1.165, 1.54) is 7.11 Å². The van der Waals surface area contributed by atoms with E-state index in [2.05, 4.69) is 10.1 Å². The predicted octanol–water partition coefficient (Wildman–Crippen LogP) is 1.17. The Morgan fingerprint density at radius 2 is 2.06 bits per heavy atom. The average Bonchev–Trinajstić information content (AvgIpc) is 2.48. The molecule has 1 unspecified atom stereocenters. The molecule has 0 aromatic heterocycles. The first-order valence-electron chi connectivity index (χ1n) is 5.88. The van der Waals surface area contributed by atoms with E-state index in [1.54, 1.807) is 0 Å². The molecule has 1 fully saturated rings. The Morgan fingerprint density at radius 1 is 1.39 bits per heavy atom. The van der Waals surface area contributed by atoms with Crippen LogP contribution in [-0.4, -0.2) is 56.4 Å². The van der Waals surface area contributed by atoms with Crippen LogP contribution in [0.1, 0.15) is 19.3 Å².